The minimum atomic E-state index is -0.282. The first-order valence-electron chi connectivity index (χ1n) is 9.19. The number of nitrogens with zero attached hydrogens (tertiary/aromatic N) is 3. The van der Waals surface area contributed by atoms with E-state index in [0.717, 1.165) is 48.8 Å². The summed E-state index contributed by atoms with van der Waals surface area (Å²) >= 11 is 0. The molecule has 0 spiro atoms. The molecule has 0 saturated carbocycles. The van der Waals surface area contributed by atoms with Crippen LogP contribution in [0.15, 0.2) is 24.4 Å². The fraction of sp³-hybridized carbons (Fsp3) is 0.450. The highest BCUT2D eigenvalue weighted by atomic mass is 16.5. The molecule has 0 aromatic carbocycles. The Hall–Kier alpha value is -2.83. The van der Waals surface area contributed by atoms with E-state index in [1.165, 1.54) is 0 Å². The van der Waals surface area contributed by atoms with Gasteiger partial charge in [0.25, 0.3) is 0 Å². The molecular weight excluding hydrogens is 346 g/mol. The van der Waals surface area contributed by atoms with Crippen LogP contribution in [-0.4, -0.2) is 42.2 Å². The van der Waals surface area contributed by atoms with E-state index in [1.807, 2.05) is 26.0 Å². The average Bonchev–Trinajstić information content (AvgIpc) is 2.95. The van der Waals surface area contributed by atoms with Crippen molar-refractivity contribution in [2.24, 2.45) is 0 Å². The van der Waals surface area contributed by atoms with E-state index < -0.39 is 0 Å². The first-order valence-corrected chi connectivity index (χ1v) is 9.19. The molecule has 0 aliphatic carbocycles. The Labute approximate surface area is 158 Å². The lowest BCUT2D eigenvalue weighted by atomic mass is 10.1. The fourth-order valence-electron chi connectivity index (χ4n) is 3.63. The summed E-state index contributed by atoms with van der Waals surface area (Å²) in [4.78, 5) is 23.1. The van der Waals surface area contributed by atoms with Gasteiger partial charge < -0.3 is 19.1 Å². The number of fused-ring (bicyclic) bond motifs is 1. The summed E-state index contributed by atoms with van der Waals surface area (Å²) in [5.41, 5.74) is 2.33. The molecule has 0 N–H and O–H groups in total. The number of aryl methyl sites for hydroxylation is 1. The number of anilines is 1. The zero-order valence-corrected chi connectivity index (χ0v) is 15.8. The molecule has 2 aromatic rings. The van der Waals surface area contributed by atoms with Crippen molar-refractivity contribution >= 4 is 11.8 Å². The third-order valence-electron chi connectivity index (χ3n) is 5.07. The average molecular weight is 369 g/mol. The van der Waals surface area contributed by atoms with Crippen molar-refractivity contribution in [3.63, 3.8) is 0 Å². The number of esters is 1. The van der Waals surface area contributed by atoms with Gasteiger partial charge in [-0.15, -0.1) is 0 Å². The van der Waals surface area contributed by atoms with Gasteiger partial charge in [0.15, 0.2) is 0 Å². The summed E-state index contributed by atoms with van der Waals surface area (Å²) in [6.45, 7) is 5.55. The van der Waals surface area contributed by atoms with Gasteiger partial charge in [-0.1, -0.05) is 0 Å². The maximum Gasteiger partial charge on any atom is 0.340 e. The molecule has 1 fully saturated rings. The van der Waals surface area contributed by atoms with Gasteiger partial charge in [0.05, 0.1) is 24.6 Å². The van der Waals surface area contributed by atoms with Gasteiger partial charge in [0.2, 0.25) is 5.88 Å². The van der Waals surface area contributed by atoms with Crippen LogP contribution in [0.4, 0.5) is 5.82 Å². The summed E-state index contributed by atoms with van der Waals surface area (Å²) in [6.07, 6.45) is 3.35. The maximum absolute atomic E-state index is 11.9. The Morgan fingerprint density at radius 2 is 2.04 bits per heavy atom. The van der Waals surface area contributed by atoms with Crippen LogP contribution in [0.2, 0.25) is 0 Å². The van der Waals surface area contributed by atoms with Crippen molar-refractivity contribution in [3.05, 3.63) is 41.2 Å². The van der Waals surface area contributed by atoms with Crippen molar-refractivity contribution in [2.45, 2.75) is 38.9 Å². The van der Waals surface area contributed by atoms with Crippen LogP contribution in [0.5, 0.6) is 11.6 Å². The lowest BCUT2D eigenvalue weighted by molar-refractivity contribution is 0.0417. The highest BCUT2D eigenvalue weighted by Gasteiger charge is 2.32. The molecule has 2 aliphatic rings. The number of ether oxygens (including phenoxy) is 3. The summed E-state index contributed by atoms with van der Waals surface area (Å²) in [5.74, 6) is 1.99. The number of aromatic nitrogens is 2. The molecule has 2 aromatic heterocycles. The number of pyridine rings is 2. The second-order valence-corrected chi connectivity index (χ2v) is 6.95. The maximum atomic E-state index is 11.9. The molecule has 0 amide bonds. The van der Waals surface area contributed by atoms with Gasteiger partial charge in [-0.2, -0.15) is 0 Å². The molecule has 7 nitrogen and oxygen atoms in total. The van der Waals surface area contributed by atoms with Crippen molar-refractivity contribution in [1.82, 2.24) is 9.97 Å². The number of carbonyl (C=O) groups is 1. The van der Waals surface area contributed by atoms with Gasteiger partial charge in [-0.05, 0) is 31.5 Å². The Morgan fingerprint density at radius 1 is 1.26 bits per heavy atom. The SMILES string of the molecule is COc1ccc(OC2CCN(c3nc4c(cc3C)C(=O)O[C@H]4C)CC2)cn1. The number of piperidine rings is 1. The highest BCUT2D eigenvalue weighted by Crippen LogP contribution is 2.33. The quantitative estimate of drug-likeness (QED) is 0.767. The predicted octanol–water partition coefficient (Wildman–Crippen LogP) is 3.07. The molecule has 142 valence electrons. The van der Waals surface area contributed by atoms with Crippen LogP contribution in [0.25, 0.3) is 0 Å². The molecule has 1 saturated heterocycles. The monoisotopic (exact) mass is 369 g/mol. The predicted molar refractivity (Wildman–Crippen MR) is 99.5 cm³/mol. The minimum absolute atomic E-state index is 0.148. The van der Waals surface area contributed by atoms with E-state index in [1.54, 1.807) is 19.4 Å². The van der Waals surface area contributed by atoms with Gasteiger partial charge in [-0.3, -0.25) is 0 Å². The summed E-state index contributed by atoms with van der Waals surface area (Å²) < 4.78 is 16.4. The number of hydrogen-bond acceptors (Lipinski definition) is 7. The van der Waals surface area contributed by atoms with Gasteiger partial charge in [-0.25, -0.2) is 14.8 Å². The van der Waals surface area contributed by atoms with Crippen molar-refractivity contribution in [2.75, 3.05) is 25.1 Å². The fourth-order valence-corrected chi connectivity index (χ4v) is 3.63. The Bertz CT molecular complexity index is 845. The van der Waals surface area contributed by atoms with E-state index in [0.29, 0.717) is 11.4 Å². The zero-order valence-electron chi connectivity index (χ0n) is 15.8. The largest absolute Gasteiger partial charge is 0.489 e. The number of cyclic esters (lactones) is 1. The lowest BCUT2D eigenvalue weighted by Gasteiger charge is -2.34. The second kappa shape index (κ2) is 7.06. The first-order chi connectivity index (χ1) is 13.0. The summed E-state index contributed by atoms with van der Waals surface area (Å²) in [5, 5.41) is 0. The number of hydrogen-bond donors (Lipinski definition) is 0. The number of carbonyl (C=O) groups excluding carboxylic acids is 1. The van der Waals surface area contributed by atoms with E-state index in [-0.39, 0.29) is 18.2 Å². The van der Waals surface area contributed by atoms with Crippen molar-refractivity contribution in [1.29, 1.82) is 0 Å². The number of rotatable bonds is 4. The topological polar surface area (TPSA) is 73.8 Å². The molecule has 0 unspecified atom stereocenters. The molecule has 2 aliphatic heterocycles. The summed E-state index contributed by atoms with van der Waals surface area (Å²) in [6, 6.07) is 5.57. The van der Waals surface area contributed by atoms with E-state index in [9.17, 15) is 4.79 Å². The molecule has 0 bridgehead atoms. The number of methoxy groups -OCH3 is 1. The van der Waals surface area contributed by atoms with Crippen molar-refractivity contribution in [3.8, 4) is 11.6 Å². The van der Waals surface area contributed by atoms with Gasteiger partial charge >= 0.3 is 5.97 Å². The molecule has 7 heteroatoms. The molecule has 27 heavy (non-hydrogen) atoms. The van der Waals surface area contributed by atoms with Crippen LogP contribution in [-0.2, 0) is 4.74 Å². The smallest absolute Gasteiger partial charge is 0.340 e. The van der Waals surface area contributed by atoms with Gasteiger partial charge in [0, 0.05) is 32.0 Å². The molecule has 0 radical (unpaired) electrons. The van der Waals surface area contributed by atoms with Crippen LogP contribution in [0, 0.1) is 6.92 Å². The minimum Gasteiger partial charge on any atom is -0.489 e. The first kappa shape index (κ1) is 17.6. The van der Waals surface area contributed by atoms with Crippen LogP contribution in [0.3, 0.4) is 0 Å². The third kappa shape index (κ3) is 3.41. The van der Waals surface area contributed by atoms with Crippen LogP contribution >= 0.6 is 0 Å². The Balaban J connectivity index is 1.42. The Morgan fingerprint density at radius 3 is 2.70 bits per heavy atom. The standard InChI is InChI=1S/C20H23N3O4/c1-12-10-16-18(13(2)26-20(16)24)22-19(12)23-8-6-14(7-9-23)27-15-4-5-17(25-3)21-11-15/h4-5,10-11,13-14H,6-9H2,1-3H3/t13-/m0/s1. The van der Waals surface area contributed by atoms with E-state index in [2.05, 4.69) is 9.88 Å². The molecule has 4 heterocycles. The van der Waals surface area contributed by atoms with Crippen molar-refractivity contribution < 1.29 is 19.0 Å². The third-order valence-corrected chi connectivity index (χ3v) is 5.07. The van der Waals surface area contributed by atoms with Crippen LogP contribution in [0.1, 0.15) is 47.5 Å². The van der Waals surface area contributed by atoms with Crippen LogP contribution < -0.4 is 14.4 Å². The molecule has 1 atom stereocenters. The molecule has 4 rings (SSSR count). The van der Waals surface area contributed by atoms with E-state index in [4.69, 9.17) is 19.2 Å². The highest BCUT2D eigenvalue weighted by molar-refractivity contribution is 5.94. The van der Waals surface area contributed by atoms with Gasteiger partial charge in [0.1, 0.15) is 23.8 Å². The normalized spacial score (nSPS) is 19.6. The second-order valence-electron chi connectivity index (χ2n) is 6.95. The Kier molecular flexibility index (Phi) is 4.59. The lowest BCUT2D eigenvalue weighted by Crippen LogP contribution is -2.39. The molecular formula is C20H23N3O4. The summed E-state index contributed by atoms with van der Waals surface area (Å²) in [7, 11) is 1.59. The van der Waals surface area contributed by atoms with E-state index >= 15 is 0 Å². The zero-order chi connectivity index (χ0) is 19.0.